The van der Waals surface area contributed by atoms with Crippen LogP contribution >= 0.6 is 0 Å². The van der Waals surface area contributed by atoms with Gasteiger partial charge in [-0.2, -0.15) is 0 Å². The number of piperazine rings is 1. The second kappa shape index (κ2) is 8.04. The maximum absolute atomic E-state index is 12.5. The summed E-state index contributed by atoms with van der Waals surface area (Å²) in [5.41, 5.74) is 2.73. The summed E-state index contributed by atoms with van der Waals surface area (Å²) in [6, 6.07) is 15.2. The van der Waals surface area contributed by atoms with Crippen molar-refractivity contribution in [3.05, 3.63) is 65.2 Å². The second-order valence-corrected chi connectivity index (χ2v) is 6.55. The highest BCUT2D eigenvalue weighted by Crippen LogP contribution is 2.22. The molecule has 0 aliphatic carbocycles. The van der Waals surface area contributed by atoms with E-state index < -0.39 is 0 Å². The summed E-state index contributed by atoms with van der Waals surface area (Å²) >= 11 is 0. The monoisotopic (exact) mass is 352 g/mol. The summed E-state index contributed by atoms with van der Waals surface area (Å²) in [7, 11) is 0. The number of ether oxygens (including phenoxy) is 1. The summed E-state index contributed by atoms with van der Waals surface area (Å²) in [5, 5.41) is 0. The third-order valence-corrected chi connectivity index (χ3v) is 4.69. The summed E-state index contributed by atoms with van der Waals surface area (Å²) in [6.45, 7) is 6.13. The third kappa shape index (κ3) is 4.04. The first-order valence-electron chi connectivity index (χ1n) is 8.87. The minimum atomic E-state index is -0.0422. The number of carbonyl (C=O) groups is 2. The Hall–Kier alpha value is -2.82. The largest absolute Gasteiger partial charge is 0.483 e. The quantitative estimate of drug-likeness (QED) is 0.850. The highest BCUT2D eigenvalue weighted by Gasteiger charge is 2.25. The van der Waals surface area contributed by atoms with E-state index in [4.69, 9.17) is 4.74 Å². The molecule has 2 aromatic rings. The summed E-state index contributed by atoms with van der Waals surface area (Å²) in [5.74, 6) is 0.752. The number of rotatable bonds is 4. The highest BCUT2D eigenvalue weighted by molar-refractivity contribution is 5.94. The molecule has 0 atom stereocenters. The highest BCUT2D eigenvalue weighted by atomic mass is 16.5. The summed E-state index contributed by atoms with van der Waals surface area (Å²) in [4.78, 5) is 28.5. The zero-order valence-corrected chi connectivity index (χ0v) is 15.3. The molecule has 5 nitrogen and oxygen atoms in total. The van der Waals surface area contributed by atoms with Gasteiger partial charge in [-0.3, -0.25) is 9.59 Å². The number of aryl methyl sites for hydroxylation is 2. The fourth-order valence-corrected chi connectivity index (χ4v) is 3.17. The Morgan fingerprint density at radius 1 is 0.846 bits per heavy atom. The van der Waals surface area contributed by atoms with Gasteiger partial charge < -0.3 is 14.5 Å². The van der Waals surface area contributed by atoms with Gasteiger partial charge in [0.1, 0.15) is 5.75 Å². The Balaban J connectivity index is 1.51. The molecule has 0 aromatic heterocycles. The molecule has 2 aromatic carbocycles. The molecule has 1 heterocycles. The number of carbonyl (C=O) groups excluding carboxylic acids is 2. The molecule has 1 fully saturated rings. The third-order valence-electron chi connectivity index (χ3n) is 4.69. The van der Waals surface area contributed by atoms with Crippen LogP contribution in [-0.4, -0.2) is 54.4 Å². The van der Waals surface area contributed by atoms with Crippen molar-refractivity contribution < 1.29 is 14.3 Å². The van der Waals surface area contributed by atoms with Crippen LogP contribution in [0, 0.1) is 13.8 Å². The van der Waals surface area contributed by atoms with Gasteiger partial charge in [-0.1, -0.05) is 36.4 Å². The lowest BCUT2D eigenvalue weighted by Gasteiger charge is -2.34. The molecule has 0 radical (unpaired) electrons. The lowest BCUT2D eigenvalue weighted by molar-refractivity contribution is -0.134. The molecule has 0 bridgehead atoms. The molecule has 1 saturated heterocycles. The van der Waals surface area contributed by atoms with Gasteiger partial charge in [-0.05, 0) is 37.1 Å². The van der Waals surface area contributed by atoms with Crippen molar-refractivity contribution in [2.75, 3.05) is 32.8 Å². The predicted molar refractivity (Wildman–Crippen MR) is 100 cm³/mol. The topological polar surface area (TPSA) is 49.9 Å². The molecule has 26 heavy (non-hydrogen) atoms. The molecule has 0 spiro atoms. The predicted octanol–water partition coefficient (Wildman–Crippen LogP) is 2.67. The van der Waals surface area contributed by atoms with Crippen LogP contribution in [0.5, 0.6) is 5.75 Å². The van der Waals surface area contributed by atoms with Gasteiger partial charge in [0.2, 0.25) is 0 Å². The molecule has 3 rings (SSSR count). The SMILES string of the molecule is Cc1cccc(C)c1OCC(=O)N1CCN(C(=O)c2ccccc2)CC1. The fourth-order valence-electron chi connectivity index (χ4n) is 3.17. The van der Waals surface area contributed by atoms with Crippen molar-refractivity contribution in [3.8, 4) is 5.75 Å². The Morgan fingerprint density at radius 3 is 2.04 bits per heavy atom. The number of hydrogen-bond acceptors (Lipinski definition) is 3. The van der Waals surface area contributed by atoms with Gasteiger partial charge in [-0.15, -0.1) is 0 Å². The molecule has 1 aliphatic heterocycles. The van der Waals surface area contributed by atoms with Crippen LogP contribution in [0.25, 0.3) is 0 Å². The van der Waals surface area contributed by atoms with Crippen LogP contribution in [0.4, 0.5) is 0 Å². The molecular formula is C21H24N2O3. The maximum Gasteiger partial charge on any atom is 0.260 e. The van der Waals surface area contributed by atoms with E-state index in [9.17, 15) is 9.59 Å². The van der Waals surface area contributed by atoms with E-state index in [1.54, 1.807) is 9.80 Å². The van der Waals surface area contributed by atoms with E-state index in [0.29, 0.717) is 31.7 Å². The van der Waals surface area contributed by atoms with Gasteiger partial charge in [0.25, 0.3) is 11.8 Å². The van der Waals surface area contributed by atoms with Gasteiger partial charge in [0.05, 0.1) is 0 Å². The average Bonchev–Trinajstić information content (AvgIpc) is 2.67. The molecule has 0 unspecified atom stereocenters. The van der Waals surface area contributed by atoms with Crippen molar-refractivity contribution in [1.29, 1.82) is 0 Å². The standard InChI is InChI=1S/C21H24N2O3/c1-16-7-6-8-17(2)20(16)26-15-19(24)22-11-13-23(14-12-22)21(25)18-9-4-3-5-10-18/h3-10H,11-15H2,1-2H3. The number of amides is 2. The second-order valence-electron chi connectivity index (χ2n) is 6.55. The zero-order chi connectivity index (χ0) is 18.5. The number of hydrogen-bond donors (Lipinski definition) is 0. The van der Waals surface area contributed by atoms with Gasteiger partial charge in [0.15, 0.2) is 6.61 Å². The summed E-state index contributed by atoms with van der Waals surface area (Å²) < 4.78 is 5.75. The van der Waals surface area contributed by atoms with Crippen molar-refractivity contribution in [3.63, 3.8) is 0 Å². The first-order valence-corrected chi connectivity index (χ1v) is 8.87. The van der Waals surface area contributed by atoms with E-state index >= 15 is 0 Å². The van der Waals surface area contributed by atoms with Crippen molar-refractivity contribution in [2.24, 2.45) is 0 Å². The molecule has 5 heteroatoms. The lowest BCUT2D eigenvalue weighted by atomic mass is 10.1. The fraction of sp³-hybridized carbons (Fsp3) is 0.333. The number of nitrogens with zero attached hydrogens (tertiary/aromatic N) is 2. The molecular weight excluding hydrogens is 328 g/mol. The Labute approximate surface area is 154 Å². The zero-order valence-electron chi connectivity index (χ0n) is 15.3. The van der Waals surface area contributed by atoms with Crippen LogP contribution in [0.1, 0.15) is 21.5 Å². The number of para-hydroxylation sites is 1. The van der Waals surface area contributed by atoms with Crippen LogP contribution in [0.2, 0.25) is 0 Å². The van der Waals surface area contributed by atoms with E-state index in [2.05, 4.69) is 0 Å². The van der Waals surface area contributed by atoms with Crippen LogP contribution in [0.3, 0.4) is 0 Å². The number of benzene rings is 2. The van der Waals surface area contributed by atoms with Crippen LogP contribution in [0.15, 0.2) is 48.5 Å². The molecule has 1 aliphatic rings. The van der Waals surface area contributed by atoms with E-state index in [1.165, 1.54) is 0 Å². The van der Waals surface area contributed by atoms with Crippen LogP contribution < -0.4 is 4.74 Å². The van der Waals surface area contributed by atoms with Gasteiger partial charge >= 0.3 is 0 Å². The van der Waals surface area contributed by atoms with E-state index in [1.807, 2.05) is 62.4 Å². The smallest absolute Gasteiger partial charge is 0.260 e. The molecule has 0 N–H and O–H groups in total. The molecule has 136 valence electrons. The Bertz CT molecular complexity index is 761. The van der Waals surface area contributed by atoms with E-state index in [-0.39, 0.29) is 18.4 Å². The van der Waals surface area contributed by atoms with E-state index in [0.717, 1.165) is 16.9 Å². The van der Waals surface area contributed by atoms with Crippen LogP contribution in [-0.2, 0) is 4.79 Å². The normalized spacial score (nSPS) is 14.2. The lowest BCUT2D eigenvalue weighted by Crippen LogP contribution is -2.51. The Kier molecular flexibility index (Phi) is 5.56. The summed E-state index contributed by atoms with van der Waals surface area (Å²) in [6.07, 6.45) is 0. The van der Waals surface area contributed by atoms with Gasteiger partial charge in [-0.25, -0.2) is 0 Å². The molecule has 0 saturated carbocycles. The molecule has 2 amide bonds. The van der Waals surface area contributed by atoms with Crippen molar-refractivity contribution >= 4 is 11.8 Å². The average molecular weight is 352 g/mol. The Morgan fingerprint density at radius 2 is 1.42 bits per heavy atom. The van der Waals surface area contributed by atoms with Gasteiger partial charge in [0, 0.05) is 31.7 Å². The first kappa shape index (κ1) is 18.0. The first-order chi connectivity index (χ1) is 12.6. The maximum atomic E-state index is 12.5. The minimum Gasteiger partial charge on any atom is -0.483 e. The van der Waals surface area contributed by atoms with Crippen molar-refractivity contribution in [1.82, 2.24) is 9.80 Å². The minimum absolute atomic E-state index is 0.0180. The van der Waals surface area contributed by atoms with Crippen molar-refractivity contribution in [2.45, 2.75) is 13.8 Å².